The van der Waals surface area contributed by atoms with Crippen LogP contribution in [0.5, 0.6) is 0 Å². The molecule has 1 saturated heterocycles. The first-order valence-electron chi connectivity index (χ1n) is 10.7. The van der Waals surface area contributed by atoms with Crippen molar-refractivity contribution in [1.29, 1.82) is 5.41 Å². The summed E-state index contributed by atoms with van der Waals surface area (Å²) in [7, 11) is 0. The molecule has 0 radical (unpaired) electrons. The average Bonchev–Trinajstić information content (AvgIpc) is 2.95. The molecule has 1 aliphatic heterocycles. The topological polar surface area (TPSA) is 121 Å². The molecule has 3 N–H and O–H groups in total. The summed E-state index contributed by atoms with van der Waals surface area (Å²) in [5.74, 6) is -1.06. The average molecular weight is 499 g/mol. The first-order chi connectivity index (χ1) is 16.0. The molecule has 3 amide bonds. The Morgan fingerprint density at radius 2 is 1.66 bits per heavy atom. The van der Waals surface area contributed by atoms with Gasteiger partial charge in [0.2, 0.25) is 0 Å². The number of alkyl halides is 3. The number of alkyl carbamates (subject to hydrolysis) is 1. The molecular formula is C23H29F3N4O5. The van der Waals surface area contributed by atoms with Gasteiger partial charge in [-0.25, -0.2) is 9.59 Å². The number of hydrogen-bond acceptors (Lipinski definition) is 6. The molecule has 0 atom stereocenters. The number of amides is 3. The first kappa shape index (κ1) is 27.7. The monoisotopic (exact) mass is 498 g/mol. The van der Waals surface area contributed by atoms with Gasteiger partial charge in [0.25, 0.3) is 5.91 Å². The number of likely N-dealkylation sites (tertiary alicyclic amines) is 1. The van der Waals surface area contributed by atoms with Crippen LogP contribution >= 0.6 is 0 Å². The number of halogens is 3. The van der Waals surface area contributed by atoms with Crippen molar-refractivity contribution in [3.8, 4) is 0 Å². The number of benzene rings is 1. The van der Waals surface area contributed by atoms with E-state index in [9.17, 15) is 27.6 Å². The zero-order chi connectivity index (χ0) is 26.8. The van der Waals surface area contributed by atoms with Crippen molar-refractivity contribution in [1.82, 2.24) is 15.5 Å². The van der Waals surface area contributed by atoms with Crippen molar-refractivity contribution >= 4 is 23.8 Å². The lowest BCUT2D eigenvalue weighted by atomic mass is 9.97. The molecule has 0 aliphatic carbocycles. The van der Waals surface area contributed by atoms with Gasteiger partial charge in [-0.2, -0.15) is 13.2 Å². The van der Waals surface area contributed by atoms with E-state index in [0.717, 1.165) is 24.3 Å². The van der Waals surface area contributed by atoms with E-state index in [1.807, 2.05) is 0 Å². The summed E-state index contributed by atoms with van der Waals surface area (Å²) in [6, 6.07) is 3.49. The highest BCUT2D eigenvalue weighted by molar-refractivity contribution is 6.10. The molecule has 1 aliphatic rings. The van der Waals surface area contributed by atoms with Gasteiger partial charge in [-0.15, -0.1) is 0 Å². The summed E-state index contributed by atoms with van der Waals surface area (Å²) in [5, 5.41) is 13.4. The summed E-state index contributed by atoms with van der Waals surface area (Å²) in [6.45, 7) is 9.68. The standard InChI is InChI=1S/C23H29F3N4O5/c1-7-34-19(32)29-17(28-18(31)13-8-10-14(11-9-13)23(24,25)26)15-12-30(22(5,6)16(15)27)20(33)35-21(2,3)4/h8-11,27H,7,12H2,1-6H3,(H,28,31)(H,29,32)/b17-15-,27-16?. The lowest BCUT2D eigenvalue weighted by molar-refractivity contribution is -0.137. The Morgan fingerprint density at radius 1 is 1.09 bits per heavy atom. The lowest BCUT2D eigenvalue weighted by Gasteiger charge is -2.32. The fraction of sp³-hybridized carbons (Fsp3) is 0.478. The largest absolute Gasteiger partial charge is 0.450 e. The first-order valence-corrected chi connectivity index (χ1v) is 10.7. The summed E-state index contributed by atoms with van der Waals surface area (Å²) >= 11 is 0. The maximum atomic E-state index is 12.8. The Balaban J connectivity index is 2.43. The zero-order valence-corrected chi connectivity index (χ0v) is 20.3. The van der Waals surface area contributed by atoms with Crippen LogP contribution in [0, 0.1) is 5.41 Å². The Morgan fingerprint density at radius 3 is 2.14 bits per heavy atom. The fourth-order valence-corrected chi connectivity index (χ4v) is 3.20. The smallest absolute Gasteiger partial charge is 0.416 e. The van der Waals surface area contributed by atoms with E-state index in [1.165, 1.54) is 4.90 Å². The van der Waals surface area contributed by atoms with Crippen LogP contribution in [-0.2, 0) is 15.7 Å². The van der Waals surface area contributed by atoms with Crippen molar-refractivity contribution in [3.05, 3.63) is 46.8 Å². The van der Waals surface area contributed by atoms with Gasteiger partial charge < -0.3 is 20.2 Å². The molecule has 9 nitrogen and oxygen atoms in total. The van der Waals surface area contributed by atoms with Crippen LogP contribution in [0.25, 0.3) is 0 Å². The Labute approximate surface area is 201 Å². The Kier molecular flexibility index (Phi) is 7.88. The van der Waals surface area contributed by atoms with Gasteiger partial charge in [-0.3, -0.25) is 15.0 Å². The molecule has 1 heterocycles. The third-order valence-corrected chi connectivity index (χ3v) is 5.04. The van der Waals surface area contributed by atoms with Crippen molar-refractivity contribution in [2.24, 2.45) is 0 Å². The van der Waals surface area contributed by atoms with Crippen molar-refractivity contribution < 1.29 is 37.0 Å². The van der Waals surface area contributed by atoms with Crippen LogP contribution in [0.4, 0.5) is 22.8 Å². The van der Waals surface area contributed by atoms with Gasteiger partial charge >= 0.3 is 18.4 Å². The summed E-state index contributed by atoms with van der Waals surface area (Å²) < 4.78 is 48.8. The third kappa shape index (κ3) is 6.74. The third-order valence-electron chi connectivity index (χ3n) is 5.04. The molecule has 1 aromatic carbocycles. The second-order valence-electron chi connectivity index (χ2n) is 9.23. The minimum atomic E-state index is -4.57. The molecule has 0 bridgehead atoms. The molecule has 1 aromatic rings. The molecule has 35 heavy (non-hydrogen) atoms. The van der Waals surface area contributed by atoms with Crippen LogP contribution in [0.3, 0.4) is 0 Å². The predicted octanol–water partition coefficient (Wildman–Crippen LogP) is 4.44. The van der Waals surface area contributed by atoms with Crippen LogP contribution in [-0.4, -0.2) is 53.0 Å². The van der Waals surface area contributed by atoms with Crippen LogP contribution < -0.4 is 10.6 Å². The molecule has 192 valence electrons. The van der Waals surface area contributed by atoms with E-state index in [1.54, 1.807) is 41.5 Å². The van der Waals surface area contributed by atoms with Gasteiger partial charge in [-0.05, 0) is 65.8 Å². The fourth-order valence-electron chi connectivity index (χ4n) is 3.20. The van der Waals surface area contributed by atoms with Gasteiger partial charge in [0, 0.05) is 11.1 Å². The SMILES string of the molecule is CCOC(=O)N/C(NC(=O)c1ccc(C(F)(F)F)cc1)=C1/CN(C(=O)OC(C)(C)C)C(C)(C)C1=N. The molecule has 12 heteroatoms. The number of ether oxygens (including phenoxy) is 2. The lowest BCUT2D eigenvalue weighted by Crippen LogP contribution is -2.48. The number of nitrogens with zero attached hydrogens (tertiary/aromatic N) is 1. The summed E-state index contributed by atoms with van der Waals surface area (Å²) in [6.07, 6.45) is -6.20. The minimum absolute atomic E-state index is 0.0221. The molecule has 1 fully saturated rings. The van der Waals surface area contributed by atoms with E-state index in [0.29, 0.717) is 0 Å². The van der Waals surface area contributed by atoms with Crippen LogP contribution in [0.1, 0.15) is 57.5 Å². The number of carbonyl (C=O) groups is 3. The molecule has 0 unspecified atom stereocenters. The van der Waals surface area contributed by atoms with E-state index >= 15 is 0 Å². The maximum absolute atomic E-state index is 12.8. The highest BCUT2D eigenvalue weighted by Gasteiger charge is 2.46. The second-order valence-corrected chi connectivity index (χ2v) is 9.23. The number of rotatable bonds is 4. The quantitative estimate of drug-likeness (QED) is 0.567. The normalized spacial score (nSPS) is 17.1. The maximum Gasteiger partial charge on any atom is 0.416 e. The molecule has 0 saturated carbocycles. The highest BCUT2D eigenvalue weighted by Crippen LogP contribution is 2.32. The zero-order valence-electron chi connectivity index (χ0n) is 20.3. The minimum Gasteiger partial charge on any atom is -0.450 e. The molecule has 0 spiro atoms. The number of carbonyl (C=O) groups excluding carboxylic acids is 3. The van der Waals surface area contributed by atoms with Crippen LogP contribution in [0.15, 0.2) is 35.7 Å². The summed E-state index contributed by atoms with van der Waals surface area (Å²) in [4.78, 5) is 39.0. The molecule has 0 aromatic heterocycles. The van der Waals surface area contributed by atoms with Gasteiger partial charge in [-0.1, -0.05) is 0 Å². The van der Waals surface area contributed by atoms with Gasteiger partial charge in [0.15, 0.2) is 0 Å². The summed E-state index contributed by atoms with van der Waals surface area (Å²) in [5.41, 5.74) is -2.97. The molecular weight excluding hydrogens is 469 g/mol. The second kappa shape index (κ2) is 9.96. The number of nitrogens with one attached hydrogen (secondary N) is 3. The van der Waals surface area contributed by atoms with E-state index in [-0.39, 0.29) is 35.8 Å². The Hall–Kier alpha value is -3.57. The van der Waals surface area contributed by atoms with E-state index in [2.05, 4.69) is 10.6 Å². The van der Waals surface area contributed by atoms with Crippen molar-refractivity contribution in [2.75, 3.05) is 13.2 Å². The van der Waals surface area contributed by atoms with Crippen LogP contribution in [0.2, 0.25) is 0 Å². The molecule has 2 rings (SSSR count). The van der Waals surface area contributed by atoms with Gasteiger partial charge in [0.1, 0.15) is 11.4 Å². The van der Waals surface area contributed by atoms with Gasteiger partial charge in [0.05, 0.1) is 30.0 Å². The van der Waals surface area contributed by atoms with Crippen molar-refractivity contribution in [2.45, 2.75) is 58.9 Å². The van der Waals surface area contributed by atoms with Crippen molar-refractivity contribution in [3.63, 3.8) is 0 Å². The predicted molar refractivity (Wildman–Crippen MR) is 121 cm³/mol. The van der Waals surface area contributed by atoms with E-state index < -0.39 is 41.0 Å². The highest BCUT2D eigenvalue weighted by atomic mass is 19.4. The van der Waals surface area contributed by atoms with E-state index in [4.69, 9.17) is 14.9 Å². The Bertz CT molecular complexity index is 1040. The number of hydrogen-bond donors (Lipinski definition) is 3.